The van der Waals surface area contributed by atoms with Gasteiger partial charge in [-0.15, -0.1) is 0 Å². The lowest BCUT2D eigenvalue weighted by atomic mass is 9.94. The lowest BCUT2D eigenvalue weighted by Crippen LogP contribution is -2.37. The van der Waals surface area contributed by atoms with Crippen molar-refractivity contribution in [3.8, 4) is 5.69 Å². The van der Waals surface area contributed by atoms with E-state index < -0.39 is 6.04 Å². The molecule has 0 N–H and O–H groups in total. The highest BCUT2D eigenvalue weighted by Gasteiger charge is 2.29. The van der Waals surface area contributed by atoms with Gasteiger partial charge < -0.3 is 4.90 Å². The Balaban J connectivity index is 1.83. The number of carbonyl (C=O) groups is 1. The van der Waals surface area contributed by atoms with Crippen molar-refractivity contribution in [3.05, 3.63) is 106 Å². The second-order valence-corrected chi connectivity index (χ2v) is 8.46. The number of amides is 1. The van der Waals surface area contributed by atoms with Crippen LogP contribution in [0.2, 0.25) is 0 Å². The van der Waals surface area contributed by atoms with Crippen LogP contribution in [0.4, 0.5) is 0 Å². The van der Waals surface area contributed by atoms with Crippen LogP contribution in [0.15, 0.2) is 83.7 Å². The van der Waals surface area contributed by atoms with Crippen molar-refractivity contribution in [2.75, 3.05) is 7.05 Å². The number of likely N-dealkylation sites (N-methyl/N-ethyl adjacent to an activating group) is 1. The van der Waals surface area contributed by atoms with Crippen molar-refractivity contribution in [1.82, 2.24) is 14.5 Å². The van der Waals surface area contributed by atoms with Crippen LogP contribution in [0.5, 0.6) is 0 Å². The van der Waals surface area contributed by atoms with Crippen LogP contribution in [0.1, 0.15) is 49.2 Å². The molecule has 0 spiro atoms. The van der Waals surface area contributed by atoms with E-state index in [9.17, 15) is 9.59 Å². The lowest BCUT2D eigenvalue weighted by molar-refractivity contribution is -0.133. The summed E-state index contributed by atoms with van der Waals surface area (Å²) in [6, 6.07) is 24.6. The minimum atomic E-state index is -0.409. The van der Waals surface area contributed by atoms with Gasteiger partial charge in [-0.25, -0.2) is 4.98 Å². The largest absolute Gasteiger partial charge is 0.335 e. The summed E-state index contributed by atoms with van der Waals surface area (Å²) in [7, 11) is 1.79. The summed E-state index contributed by atoms with van der Waals surface area (Å²) in [6.45, 7) is 5.94. The average molecular weight is 440 g/mol. The Kier molecular flexibility index (Phi) is 6.40. The van der Waals surface area contributed by atoms with Crippen LogP contribution >= 0.6 is 0 Å². The maximum atomic E-state index is 13.6. The van der Waals surface area contributed by atoms with E-state index in [1.807, 2.05) is 93.6 Å². The van der Waals surface area contributed by atoms with Crippen LogP contribution < -0.4 is 5.56 Å². The Morgan fingerprint density at radius 3 is 2.39 bits per heavy atom. The minimum Gasteiger partial charge on any atom is -0.335 e. The summed E-state index contributed by atoms with van der Waals surface area (Å²) in [5, 5.41) is 0.555. The molecule has 0 fully saturated rings. The topological polar surface area (TPSA) is 55.2 Å². The van der Waals surface area contributed by atoms with E-state index in [1.54, 1.807) is 22.6 Å². The van der Waals surface area contributed by atoms with Gasteiger partial charge in [0.2, 0.25) is 5.91 Å². The van der Waals surface area contributed by atoms with E-state index in [0.717, 1.165) is 16.8 Å². The first-order chi connectivity index (χ1) is 15.9. The molecule has 5 heteroatoms. The van der Waals surface area contributed by atoms with E-state index in [0.29, 0.717) is 23.1 Å². The van der Waals surface area contributed by atoms with E-state index in [1.165, 1.54) is 0 Å². The molecule has 3 aromatic carbocycles. The van der Waals surface area contributed by atoms with Crippen LogP contribution in [0.3, 0.4) is 0 Å². The zero-order valence-electron chi connectivity index (χ0n) is 19.5. The first kappa shape index (κ1) is 22.5. The molecular formula is C28H29N3O2. The maximum Gasteiger partial charge on any atom is 0.266 e. The van der Waals surface area contributed by atoms with E-state index in [4.69, 9.17) is 4.98 Å². The number of aromatic nitrogens is 2. The van der Waals surface area contributed by atoms with Gasteiger partial charge in [0.1, 0.15) is 5.82 Å². The smallest absolute Gasteiger partial charge is 0.266 e. The first-order valence-electron chi connectivity index (χ1n) is 11.3. The average Bonchev–Trinajstić information content (AvgIpc) is 2.84. The molecule has 0 bridgehead atoms. The summed E-state index contributed by atoms with van der Waals surface area (Å²) < 4.78 is 1.65. The van der Waals surface area contributed by atoms with Crippen molar-refractivity contribution in [1.29, 1.82) is 0 Å². The van der Waals surface area contributed by atoms with Crippen molar-refractivity contribution < 1.29 is 4.79 Å². The van der Waals surface area contributed by atoms with Crippen LogP contribution in [-0.4, -0.2) is 27.4 Å². The molecular weight excluding hydrogens is 410 g/mol. The number of aryl methyl sites for hydroxylation is 1. The third-order valence-corrected chi connectivity index (χ3v) is 6.27. The summed E-state index contributed by atoms with van der Waals surface area (Å²) in [5.41, 5.74) is 3.28. The molecule has 4 aromatic rings. The summed E-state index contributed by atoms with van der Waals surface area (Å²) in [6.07, 6.45) is 0.690. The molecule has 1 aromatic heterocycles. The van der Waals surface area contributed by atoms with Crippen LogP contribution in [0.25, 0.3) is 16.6 Å². The highest BCUT2D eigenvalue weighted by atomic mass is 16.2. The fourth-order valence-corrected chi connectivity index (χ4v) is 4.29. The molecule has 1 heterocycles. The first-order valence-corrected chi connectivity index (χ1v) is 11.3. The Labute approximate surface area is 194 Å². The molecule has 4 rings (SSSR count). The summed E-state index contributed by atoms with van der Waals surface area (Å²) in [5.74, 6) is 0.302. The van der Waals surface area contributed by atoms with Crippen LogP contribution in [0, 0.1) is 6.92 Å². The third-order valence-electron chi connectivity index (χ3n) is 6.27. The predicted octanol–water partition coefficient (Wildman–Crippen LogP) is 5.41. The van der Waals surface area contributed by atoms with Crippen molar-refractivity contribution in [2.45, 2.75) is 39.2 Å². The van der Waals surface area contributed by atoms with Gasteiger partial charge in [-0.2, -0.15) is 0 Å². The van der Waals surface area contributed by atoms with Crippen molar-refractivity contribution >= 4 is 16.8 Å². The van der Waals surface area contributed by atoms with Gasteiger partial charge in [-0.1, -0.05) is 61.5 Å². The molecule has 0 saturated carbocycles. The van der Waals surface area contributed by atoms with Gasteiger partial charge in [-0.05, 0) is 55.7 Å². The summed E-state index contributed by atoms with van der Waals surface area (Å²) in [4.78, 5) is 33.7. The number of para-hydroxylation sites is 1. The zero-order chi connectivity index (χ0) is 23.5. The number of benzene rings is 3. The Bertz CT molecular complexity index is 1340. The predicted molar refractivity (Wildman–Crippen MR) is 133 cm³/mol. The molecule has 33 heavy (non-hydrogen) atoms. The number of hydrogen-bond acceptors (Lipinski definition) is 3. The second kappa shape index (κ2) is 9.41. The number of carbonyl (C=O) groups excluding carboxylic acids is 1. The van der Waals surface area contributed by atoms with Gasteiger partial charge in [0.25, 0.3) is 5.56 Å². The van der Waals surface area contributed by atoms with Gasteiger partial charge >= 0.3 is 0 Å². The Hall–Kier alpha value is -3.73. The molecule has 0 saturated heterocycles. The van der Waals surface area contributed by atoms with Crippen LogP contribution in [-0.2, 0) is 4.79 Å². The zero-order valence-corrected chi connectivity index (χ0v) is 19.5. The number of hydrogen-bond donors (Lipinski definition) is 0. The fraction of sp³-hybridized carbons (Fsp3) is 0.250. The Morgan fingerprint density at radius 1 is 1.00 bits per heavy atom. The van der Waals surface area contributed by atoms with Crippen molar-refractivity contribution in [2.24, 2.45) is 0 Å². The van der Waals surface area contributed by atoms with Gasteiger partial charge in [0, 0.05) is 7.05 Å². The molecule has 0 aliphatic rings. The third kappa shape index (κ3) is 4.31. The quantitative estimate of drug-likeness (QED) is 0.404. The highest BCUT2D eigenvalue weighted by Crippen LogP contribution is 2.27. The normalized spacial score (nSPS) is 13.0. The van der Waals surface area contributed by atoms with Gasteiger partial charge in [0.05, 0.1) is 28.6 Å². The molecule has 168 valence electrons. The van der Waals surface area contributed by atoms with E-state index in [-0.39, 0.29) is 17.4 Å². The fourth-order valence-electron chi connectivity index (χ4n) is 4.29. The summed E-state index contributed by atoms with van der Waals surface area (Å²) >= 11 is 0. The highest BCUT2D eigenvalue weighted by molar-refractivity contribution is 5.84. The van der Waals surface area contributed by atoms with Crippen molar-refractivity contribution in [3.63, 3.8) is 0 Å². The molecule has 2 atom stereocenters. The van der Waals surface area contributed by atoms with Gasteiger partial charge in [0.15, 0.2) is 0 Å². The van der Waals surface area contributed by atoms with Gasteiger partial charge in [-0.3, -0.25) is 14.2 Å². The monoisotopic (exact) mass is 439 g/mol. The standard InChI is InChI=1S/C28H29N3O2/c1-5-23(21-13-7-6-8-14-21)27(32)30(4)20(3)26-29-25-17-10-9-16-24(25)28(33)31(26)22-15-11-12-19(2)18-22/h6-18,20,23H,5H2,1-4H3. The number of fused-ring (bicyclic) bond motifs is 1. The SMILES string of the molecule is CCC(C(=O)N(C)C(C)c1nc2ccccc2c(=O)n1-c1cccc(C)c1)c1ccccc1. The lowest BCUT2D eigenvalue weighted by Gasteiger charge is -2.30. The number of nitrogens with zero attached hydrogens (tertiary/aromatic N) is 3. The maximum absolute atomic E-state index is 13.6. The minimum absolute atomic E-state index is 0.00870. The molecule has 0 aliphatic carbocycles. The second-order valence-electron chi connectivity index (χ2n) is 8.46. The molecule has 5 nitrogen and oxygen atoms in total. The van der Waals surface area contributed by atoms with E-state index in [2.05, 4.69) is 0 Å². The molecule has 0 aliphatic heterocycles. The molecule has 1 amide bonds. The molecule has 2 unspecified atom stereocenters. The van der Waals surface area contributed by atoms with E-state index >= 15 is 0 Å². The number of rotatable bonds is 6. The molecule has 0 radical (unpaired) electrons. The Morgan fingerprint density at radius 2 is 1.70 bits per heavy atom.